The SMILES string of the molecule is Clc1cccc2nc(Cc3ccccc3)sc12. The number of rotatable bonds is 2. The largest absolute Gasteiger partial charge is 0.241 e. The van der Waals surface area contributed by atoms with Crippen LogP contribution >= 0.6 is 22.9 Å². The Morgan fingerprint density at radius 3 is 2.59 bits per heavy atom. The van der Waals surface area contributed by atoms with E-state index >= 15 is 0 Å². The smallest absolute Gasteiger partial charge is 0.0982 e. The zero-order chi connectivity index (χ0) is 11.7. The first-order valence-electron chi connectivity index (χ1n) is 5.41. The van der Waals surface area contributed by atoms with Crippen LogP contribution < -0.4 is 0 Å². The maximum Gasteiger partial charge on any atom is 0.0982 e. The van der Waals surface area contributed by atoms with Gasteiger partial charge in [-0.3, -0.25) is 0 Å². The summed E-state index contributed by atoms with van der Waals surface area (Å²) in [6.07, 6.45) is 0.872. The Hall–Kier alpha value is -1.38. The maximum atomic E-state index is 6.14. The highest BCUT2D eigenvalue weighted by Crippen LogP contribution is 2.29. The van der Waals surface area contributed by atoms with Crippen LogP contribution in [0.4, 0.5) is 0 Å². The highest BCUT2D eigenvalue weighted by molar-refractivity contribution is 7.19. The van der Waals surface area contributed by atoms with Crippen molar-refractivity contribution in [3.63, 3.8) is 0 Å². The van der Waals surface area contributed by atoms with E-state index in [-0.39, 0.29) is 0 Å². The molecule has 1 heterocycles. The second-order valence-electron chi connectivity index (χ2n) is 3.86. The van der Waals surface area contributed by atoms with Crippen LogP contribution in [0.3, 0.4) is 0 Å². The molecule has 0 bridgehead atoms. The van der Waals surface area contributed by atoms with Gasteiger partial charge in [0, 0.05) is 6.42 Å². The molecule has 0 fully saturated rings. The lowest BCUT2D eigenvalue weighted by molar-refractivity contribution is 1.16. The molecule has 0 N–H and O–H groups in total. The average Bonchev–Trinajstić information content (AvgIpc) is 2.74. The number of hydrogen-bond acceptors (Lipinski definition) is 2. The Kier molecular flexibility index (Phi) is 2.83. The molecule has 0 atom stereocenters. The fraction of sp³-hybridized carbons (Fsp3) is 0.0714. The van der Waals surface area contributed by atoms with Crippen molar-refractivity contribution in [1.82, 2.24) is 4.98 Å². The first-order chi connectivity index (χ1) is 8.33. The van der Waals surface area contributed by atoms with Crippen molar-refractivity contribution in [2.75, 3.05) is 0 Å². The summed E-state index contributed by atoms with van der Waals surface area (Å²) in [5.74, 6) is 0. The van der Waals surface area contributed by atoms with Gasteiger partial charge in [-0.25, -0.2) is 4.98 Å². The summed E-state index contributed by atoms with van der Waals surface area (Å²) in [5, 5.41) is 1.90. The summed E-state index contributed by atoms with van der Waals surface area (Å²) < 4.78 is 1.08. The molecule has 84 valence electrons. The molecular formula is C14H10ClNS. The predicted octanol–water partition coefficient (Wildman–Crippen LogP) is 4.54. The Bertz CT molecular complexity index is 646. The molecule has 3 heteroatoms. The molecule has 0 aliphatic heterocycles. The second-order valence-corrected chi connectivity index (χ2v) is 5.35. The second kappa shape index (κ2) is 4.47. The van der Waals surface area contributed by atoms with Crippen LogP contribution in [0.25, 0.3) is 10.2 Å². The number of nitrogens with zero attached hydrogens (tertiary/aromatic N) is 1. The van der Waals surface area contributed by atoms with Gasteiger partial charge in [-0.05, 0) is 17.7 Å². The summed E-state index contributed by atoms with van der Waals surface area (Å²) >= 11 is 7.82. The van der Waals surface area contributed by atoms with E-state index in [4.69, 9.17) is 11.6 Å². The average molecular weight is 260 g/mol. The lowest BCUT2D eigenvalue weighted by Gasteiger charge is -1.95. The lowest BCUT2D eigenvalue weighted by atomic mass is 10.2. The number of benzene rings is 2. The Morgan fingerprint density at radius 2 is 1.82 bits per heavy atom. The summed E-state index contributed by atoms with van der Waals surface area (Å²) in [6.45, 7) is 0. The van der Waals surface area contributed by atoms with Gasteiger partial charge in [0.1, 0.15) is 0 Å². The van der Waals surface area contributed by atoms with Crippen LogP contribution in [0.1, 0.15) is 10.6 Å². The Morgan fingerprint density at radius 1 is 1.00 bits per heavy atom. The summed E-state index contributed by atoms with van der Waals surface area (Å²) in [4.78, 5) is 4.60. The molecule has 0 aliphatic rings. The van der Waals surface area contributed by atoms with Gasteiger partial charge in [-0.2, -0.15) is 0 Å². The standard InChI is InChI=1S/C14H10ClNS/c15-11-7-4-8-12-14(11)17-13(16-12)9-10-5-2-1-3-6-10/h1-8H,9H2. The molecule has 0 radical (unpaired) electrons. The van der Waals surface area contributed by atoms with Gasteiger partial charge in [0.05, 0.1) is 20.2 Å². The number of fused-ring (bicyclic) bond motifs is 1. The lowest BCUT2D eigenvalue weighted by Crippen LogP contribution is -1.85. The minimum atomic E-state index is 0.791. The molecular weight excluding hydrogens is 250 g/mol. The molecule has 3 aromatic rings. The zero-order valence-electron chi connectivity index (χ0n) is 9.06. The van der Waals surface area contributed by atoms with Crippen LogP contribution in [0.5, 0.6) is 0 Å². The number of halogens is 1. The maximum absolute atomic E-state index is 6.14. The van der Waals surface area contributed by atoms with Gasteiger partial charge >= 0.3 is 0 Å². The van der Waals surface area contributed by atoms with Crippen LogP contribution in [-0.4, -0.2) is 4.98 Å². The van der Waals surface area contributed by atoms with Crippen LogP contribution in [0, 0.1) is 0 Å². The van der Waals surface area contributed by atoms with Gasteiger partial charge < -0.3 is 0 Å². The van der Waals surface area contributed by atoms with Gasteiger partial charge in [0.25, 0.3) is 0 Å². The third kappa shape index (κ3) is 2.19. The van der Waals surface area contributed by atoms with Crippen molar-refractivity contribution in [3.05, 3.63) is 64.1 Å². The molecule has 0 unspecified atom stereocenters. The Balaban J connectivity index is 1.99. The highest BCUT2D eigenvalue weighted by atomic mass is 35.5. The first-order valence-corrected chi connectivity index (χ1v) is 6.60. The van der Waals surface area contributed by atoms with Crippen LogP contribution in [0.2, 0.25) is 5.02 Å². The summed E-state index contributed by atoms with van der Waals surface area (Å²) in [6, 6.07) is 16.2. The minimum Gasteiger partial charge on any atom is -0.241 e. The quantitative estimate of drug-likeness (QED) is 0.658. The fourth-order valence-corrected chi connectivity index (χ4v) is 3.10. The molecule has 0 aliphatic carbocycles. The van der Waals surface area contributed by atoms with E-state index in [9.17, 15) is 0 Å². The predicted molar refractivity (Wildman–Crippen MR) is 73.9 cm³/mol. The van der Waals surface area contributed by atoms with Crippen molar-refractivity contribution >= 4 is 33.2 Å². The van der Waals surface area contributed by atoms with E-state index in [0.29, 0.717) is 0 Å². The molecule has 17 heavy (non-hydrogen) atoms. The van der Waals surface area contributed by atoms with Crippen molar-refractivity contribution in [2.45, 2.75) is 6.42 Å². The zero-order valence-corrected chi connectivity index (χ0v) is 10.6. The van der Waals surface area contributed by atoms with Crippen LogP contribution in [0.15, 0.2) is 48.5 Å². The normalized spacial score (nSPS) is 10.9. The third-order valence-electron chi connectivity index (χ3n) is 2.61. The van der Waals surface area contributed by atoms with E-state index < -0.39 is 0 Å². The van der Waals surface area contributed by atoms with E-state index in [2.05, 4.69) is 29.2 Å². The first kappa shape index (κ1) is 10.8. The number of thiazole rings is 1. The van der Waals surface area contributed by atoms with Gasteiger partial charge in [-0.15, -0.1) is 11.3 Å². The van der Waals surface area contributed by atoms with Crippen molar-refractivity contribution in [3.8, 4) is 0 Å². The van der Waals surface area contributed by atoms with E-state index in [1.807, 2.05) is 24.3 Å². The van der Waals surface area contributed by atoms with Gasteiger partial charge in [-0.1, -0.05) is 48.0 Å². The van der Waals surface area contributed by atoms with E-state index in [1.165, 1.54) is 5.56 Å². The van der Waals surface area contributed by atoms with Crippen molar-refractivity contribution in [2.24, 2.45) is 0 Å². The minimum absolute atomic E-state index is 0.791. The summed E-state index contributed by atoms with van der Waals surface area (Å²) in [5.41, 5.74) is 2.27. The highest BCUT2D eigenvalue weighted by Gasteiger charge is 2.06. The number of aromatic nitrogens is 1. The van der Waals surface area contributed by atoms with E-state index in [1.54, 1.807) is 11.3 Å². The van der Waals surface area contributed by atoms with Crippen molar-refractivity contribution in [1.29, 1.82) is 0 Å². The molecule has 1 aromatic heterocycles. The molecule has 1 nitrogen and oxygen atoms in total. The summed E-state index contributed by atoms with van der Waals surface area (Å²) in [7, 11) is 0. The molecule has 0 saturated heterocycles. The monoisotopic (exact) mass is 259 g/mol. The Labute approximate surface area is 109 Å². The fourth-order valence-electron chi connectivity index (χ4n) is 1.81. The van der Waals surface area contributed by atoms with Gasteiger partial charge in [0.15, 0.2) is 0 Å². The topological polar surface area (TPSA) is 12.9 Å². The van der Waals surface area contributed by atoms with Crippen LogP contribution in [-0.2, 0) is 6.42 Å². The van der Waals surface area contributed by atoms with Gasteiger partial charge in [0.2, 0.25) is 0 Å². The molecule has 0 saturated carbocycles. The molecule has 0 spiro atoms. The number of hydrogen-bond donors (Lipinski definition) is 0. The molecule has 0 amide bonds. The molecule has 2 aromatic carbocycles. The third-order valence-corrected chi connectivity index (χ3v) is 4.14. The van der Waals surface area contributed by atoms with E-state index in [0.717, 1.165) is 26.7 Å². The van der Waals surface area contributed by atoms with Crippen molar-refractivity contribution < 1.29 is 0 Å². The molecule has 3 rings (SSSR count).